The summed E-state index contributed by atoms with van der Waals surface area (Å²) in [6.45, 7) is 1.87. The van der Waals surface area contributed by atoms with Gasteiger partial charge in [0.25, 0.3) is 0 Å². The molecule has 0 saturated carbocycles. The maximum Gasteiger partial charge on any atom is 0.243 e. The second kappa shape index (κ2) is 8.92. The fourth-order valence-corrected chi connectivity index (χ4v) is 3.64. The summed E-state index contributed by atoms with van der Waals surface area (Å²) in [7, 11) is 0. The van der Waals surface area contributed by atoms with Gasteiger partial charge in [-0.25, -0.2) is 4.98 Å². The van der Waals surface area contributed by atoms with Gasteiger partial charge in [0, 0.05) is 31.2 Å². The zero-order valence-electron chi connectivity index (χ0n) is 16.7. The lowest BCUT2D eigenvalue weighted by Gasteiger charge is -2.39. The van der Waals surface area contributed by atoms with Crippen molar-refractivity contribution in [3.63, 3.8) is 0 Å². The molecule has 2 heterocycles. The van der Waals surface area contributed by atoms with Gasteiger partial charge in [0.2, 0.25) is 11.8 Å². The average molecular weight is 403 g/mol. The van der Waals surface area contributed by atoms with E-state index in [1.54, 1.807) is 11.1 Å². The van der Waals surface area contributed by atoms with Crippen LogP contribution in [0.25, 0.3) is 10.8 Å². The van der Waals surface area contributed by atoms with Gasteiger partial charge in [-0.2, -0.15) is 0 Å². The van der Waals surface area contributed by atoms with Crippen molar-refractivity contribution in [3.8, 4) is 0 Å². The standard InChI is InChI=1S/C23H25N5O2/c24-22-19-7-6-17(12-18(19)8-10-26-22)14-27-23(30)20-9-11-28(20)21(29)15-25-13-16-4-2-1-3-5-16/h1-8,10,12,20,25H,9,11,13-15H2,(H2,24,26)(H,27,30)/t20-/m0/s1. The Kier molecular flexibility index (Phi) is 5.90. The van der Waals surface area contributed by atoms with E-state index in [-0.39, 0.29) is 18.4 Å². The third-order valence-electron chi connectivity index (χ3n) is 5.42. The van der Waals surface area contributed by atoms with Gasteiger partial charge in [-0.1, -0.05) is 42.5 Å². The molecule has 3 aromatic rings. The van der Waals surface area contributed by atoms with Crippen LogP contribution >= 0.6 is 0 Å². The third-order valence-corrected chi connectivity index (χ3v) is 5.42. The van der Waals surface area contributed by atoms with E-state index in [2.05, 4.69) is 15.6 Å². The number of benzene rings is 2. The summed E-state index contributed by atoms with van der Waals surface area (Å²) in [5.74, 6) is 0.325. The number of amides is 2. The lowest BCUT2D eigenvalue weighted by Crippen LogP contribution is -2.59. The maximum atomic E-state index is 12.6. The van der Waals surface area contributed by atoms with Crippen molar-refractivity contribution >= 4 is 28.4 Å². The minimum Gasteiger partial charge on any atom is -0.383 e. The van der Waals surface area contributed by atoms with Crippen LogP contribution in [-0.4, -0.2) is 40.8 Å². The minimum absolute atomic E-state index is 0.0500. The molecule has 7 heteroatoms. The van der Waals surface area contributed by atoms with Gasteiger partial charge < -0.3 is 21.3 Å². The molecule has 1 atom stereocenters. The molecule has 0 radical (unpaired) electrons. The largest absolute Gasteiger partial charge is 0.383 e. The summed E-state index contributed by atoms with van der Waals surface area (Å²) in [4.78, 5) is 30.7. The van der Waals surface area contributed by atoms with Crippen molar-refractivity contribution in [1.82, 2.24) is 20.5 Å². The summed E-state index contributed by atoms with van der Waals surface area (Å²) >= 11 is 0. The fraction of sp³-hybridized carbons (Fsp3) is 0.261. The number of aromatic nitrogens is 1. The highest BCUT2D eigenvalue weighted by Gasteiger charge is 2.36. The molecule has 0 spiro atoms. The van der Waals surface area contributed by atoms with Crippen molar-refractivity contribution in [2.45, 2.75) is 25.6 Å². The SMILES string of the molecule is Nc1nccc2cc(CNC(=O)[C@@H]3CCN3C(=O)CNCc3ccccc3)ccc12. The highest BCUT2D eigenvalue weighted by atomic mass is 16.2. The molecule has 1 aliphatic heterocycles. The molecule has 2 aromatic carbocycles. The predicted molar refractivity (Wildman–Crippen MR) is 116 cm³/mol. The highest BCUT2D eigenvalue weighted by molar-refractivity contribution is 5.92. The van der Waals surface area contributed by atoms with Crippen molar-refractivity contribution in [2.24, 2.45) is 0 Å². The molecule has 1 saturated heterocycles. The van der Waals surface area contributed by atoms with Gasteiger partial charge in [-0.15, -0.1) is 0 Å². The van der Waals surface area contributed by atoms with Crippen LogP contribution in [0.5, 0.6) is 0 Å². The molecule has 2 amide bonds. The number of hydrogen-bond acceptors (Lipinski definition) is 5. The molecule has 1 aliphatic rings. The number of nitrogens with zero attached hydrogens (tertiary/aromatic N) is 2. The molecule has 30 heavy (non-hydrogen) atoms. The van der Waals surface area contributed by atoms with E-state index < -0.39 is 6.04 Å². The van der Waals surface area contributed by atoms with Crippen LogP contribution in [0.1, 0.15) is 17.5 Å². The van der Waals surface area contributed by atoms with Gasteiger partial charge in [0.15, 0.2) is 0 Å². The van der Waals surface area contributed by atoms with E-state index in [4.69, 9.17) is 5.73 Å². The Bertz CT molecular complexity index is 1050. The van der Waals surface area contributed by atoms with E-state index in [1.807, 2.05) is 54.6 Å². The van der Waals surface area contributed by atoms with Crippen LogP contribution < -0.4 is 16.4 Å². The summed E-state index contributed by atoms with van der Waals surface area (Å²) in [6.07, 6.45) is 2.36. The molecule has 1 fully saturated rings. The Morgan fingerprint density at radius 2 is 1.90 bits per heavy atom. The lowest BCUT2D eigenvalue weighted by atomic mass is 10.0. The molecular weight excluding hydrogens is 378 g/mol. The number of anilines is 1. The van der Waals surface area contributed by atoms with Crippen molar-refractivity contribution in [1.29, 1.82) is 0 Å². The first-order chi connectivity index (χ1) is 14.6. The second-order valence-corrected chi connectivity index (χ2v) is 7.45. The number of carbonyl (C=O) groups excluding carboxylic acids is 2. The molecule has 0 bridgehead atoms. The van der Waals surface area contributed by atoms with E-state index in [1.165, 1.54) is 0 Å². The van der Waals surface area contributed by atoms with Gasteiger partial charge >= 0.3 is 0 Å². The van der Waals surface area contributed by atoms with Crippen LogP contribution in [0.2, 0.25) is 0 Å². The number of rotatable bonds is 7. The number of nitrogen functional groups attached to an aromatic ring is 1. The summed E-state index contributed by atoms with van der Waals surface area (Å²) in [5, 5.41) is 7.98. The van der Waals surface area contributed by atoms with Crippen LogP contribution in [-0.2, 0) is 22.7 Å². The highest BCUT2D eigenvalue weighted by Crippen LogP contribution is 2.21. The van der Waals surface area contributed by atoms with Gasteiger partial charge in [0.1, 0.15) is 11.9 Å². The van der Waals surface area contributed by atoms with Crippen LogP contribution in [0.4, 0.5) is 5.82 Å². The quantitative estimate of drug-likeness (QED) is 0.559. The van der Waals surface area contributed by atoms with Crippen LogP contribution in [0.15, 0.2) is 60.8 Å². The number of hydrogen-bond donors (Lipinski definition) is 3. The van der Waals surface area contributed by atoms with E-state index in [9.17, 15) is 9.59 Å². The molecule has 0 unspecified atom stereocenters. The summed E-state index contributed by atoms with van der Waals surface area (Å²) in [5.41, 5.74) is 7.98. The topological polar surface area (TPSA) is 100 Å². The number of carbonyl (C=O) groups is 2. The van der Waals surface area contributed by atoms with Gasteiger partial charge in [-0.3, -0.25) is 9.59 Å². The summed E-state index contributed by atoms with van der Waals surface area (Å²) in [6, 6.07) is 17.3. The Labute approximate surface area is 175 Å². The van der Waals surface area contributed by atoms with Crippen molar-refractivity contribution < 1.29 is 9.59 Å². The first-order valence-corrected chi connectivity index (χ1v) is 10.1. The normalized spacial score (nSPS) is 15.6. The first-order valence-electron chi connectivity index (χ1n) is 10.1. The van der Waals surface area contributed by atoms with Gasteiger partial charge in [0.05, 0.1) is 6.54 Å². The molecular formula is C23H25N5O2. The number of likely N-dealkylation sites (tertiary alicyclic amines) is 1. The number of nitrogens with one attached hydrogen (secondary N) is 2. The van der Waals surface area contributed by atoms with E-state index in [0.29, 0.717) is 31.9 Å². The number of nitrogens with two attached hydrogens (primary N) is 1. The third kappa shape index (κ3) is 4.41. The summed E-state index contributed by atoms with van der Waals surface area (Å²) < 4.78 is 0. The lowest BCUT2D eigenvalue weighted by molar-refractivity contribution is -0.146. The van der Waals surface area contributed by atoms with E-state index >= 15 is 0 Å². The van der Waals surface area contributed by atoms with E-state index in [0.717, 1.165) is 21.9 Å². The zero-order chi connectivity index (χ0) is 20.9. The predicted octanol–water partition coefficient (Wildman–Crippen LogP) is 1.82. The van der Waals surface area contributed by atoms with Crippen molar-refractivity contribution in [2.75, 3.05) is 18.8 Å². The monoisotopic (exact) mass is 403 g/mol. The first kappa shape index (κ1) is 19.8. The zero-order valence-corrected chi connectivity index (χ0v) is 16.7. The molecule has 7 nitrogen and oxygen atoms in total. The minimum atomic E-state index is -0.392. The number of pyridine rings is 1. The number of fused-ring (bicyclic) bond motifs is 1. The molecule has 1 aromatic heterocycles. The molecule has 154 valence electrons. The second-order valence-electron chi connectivity index (χ2n) is 7.45. The Morgan fingerprint density at radius 3 is 2.67 bits per heavy atom. The molecule has 4 rings (SSSR count). The fourth-order valence-electron chi connectivity index (χ4n) is 3.64. The average Bonchev–Trinajstić information content (AvgIpc) is 2.72. The Morgan fingerprint density at radius 1 is 1.07 bits per heavy atom. The molecule has 4 N–H and O–H groups in total. The van der Waals surface area contributed by atoms with Crippen LogP contribution in [0.3, 0.4) is 0 Å². The Hall–Kier alpha value is -3.45. The van der Waals surface area contributed by atoms with Crippen molar-refractivity contribution in [3.05, 3.63) is 71.9 Å². The smallest absolute Gasteiger partial charge is 0.243 e. The molecule has 0 aliphatic carbocycles. The van der Waals surface area contributed by atoms with Gasteiger partial charge in [-0.05, 0) is 35.1 Å². The maximum absolute atomic E-state index is 12.6. The van der Waals surface area contributed by atoms with Crippen LogP contribution in [0, 0.1) is 0 Å². The Balaban J connectivity index is 1.27.